The molecule has 0 spiro atoms. The second-order valence-corrected chi connectivity index (χ2v) is 19.3. The molecule has 17 heteroatoms. The first-order chi connectivity index (χ1) is 31.5. The number of hydrogen-bond donors (Lipinski definition) is 3. The Morgan fingerprint density at radius 3 is 1.66 bits per heavy atom. The Kier molecular flexibility index (Phi) is 18.9. The number of carboxylic acids is 1. The maximum Gasteiger partial charge on any atom is 0.410 e. The topological polar surface area (TPSA) is 206 Å². The maximum absolute atomic E-state index is 14.4. The summed E-state index contributed by atoms with van der Waals surface area (Å²) < 4.78 is 5.79. The summed E-state index contributed by atoms with van der Waals surface area (Å²) in [5, 5.41) is 15.2. The van der Waals surface area contributed by atoms with Crippen LogP contribution in [0.25, 0.3) is 11.1 Å². The van der Waals surface area contributed by atoms with Crippen LogP contribution in [0, 0.1) is 17.8 Å². The molecule has 1 fully saturated rings. The van der Waals surface area contributed by atoms with Gasteiger partial charge in [-0.05, 0) is 79.5 Å². The molecular formula is C50H73N7O10. The molecule has 1 saturated carbocycles. The number of nitrogens with zero attached hydrogens (tertiary/aromatic N) is 5. The van der Waals surface area contributed by atoms with Gasteiger partial charge in [0.1, 0.15) is 42.9 Å². The number of carboxylic acid groups (broad SMARTS) is 1. The lowest BCUT2D eigenvalue weighted by molar-refractivity contribution is -0.154. The summed E-state index contributed by atoms with van der Waals surface area (Å²) in [5.41, 5.74) is 4.27. The molecule has 67 heavy (non-hydrogen) atoms. The predicted molar refractivity (Wildman–Crippen MR) is 253 cm³/mol. The molecule has 4 rings (SSSR count). The van der Waals surface area contributed by atoms with Crippen molar-refractivity contribution in [1.82, 2.24) is 35.1 Å². The van der Waals surface area contributed by atoms with Gasteiger partial charge in [-0.15, -0.1) is 0 Å². The normalized spacial score (nSPS) is 16.1. The standard InChI is InChI=1S/C50H73N7O10/c1-29(2)25-39(52-44(60)32(6)54(9)50(66)67-28-38-36-23-17-15-21-34(36)35-22-16-18-24-37(35)38)47(63)55(10)40(26-30(3)4)45(61)51-31(5)46(62)57(12)43(33-19-13-14-20-33)49(65)56(11)41(27-42(58)59)48(64)53(7)8/h15-18,21-24,29-33,38-41,43H,13-14,19-20,25-28H2,1-12H3,(H,51,61)(H,52,60)(H,58,59). The van der Waals surface area contributed by atoms with E-state index in [0.29, 0.717) is 12.8 Å². The average molecular weight is 932 g/mol. The van der Waals surface area contributed by atoms with Crippen LogP contribution < -0.4 is 10.6 Å². The van der Waals surface area contributed by atoms with Crippen LogP contribution >= 0.6 is 0 Å². The minimum Gasteiger partial charge on any atom is -0.481 e. The van der Waals surface area contributed by atoms with Crippen molar-refractivity contribution in [3.8, 4) is 11.1 Å². The third-order valence-electron chi connectivity index (χ3n) is 13.2. The molecular weight excluding hydrogens is 859 g/mol. The summed E-state index contributed by atoms with van der Waals surface area (Å²) in [6.45, 7) is 10.7. The minimum absolute atomic E-state index is 0.0571. The maximum atomic E-state index is 14.4. The Labute approximate surface area is 395 Å². The highest BCUT2D eigenvalue weighted by Gasteiger charge is 2.43. The van der Waals surface area contributed by atoms with E-state index in [9.17, 15) is 43.5 Å². The number of rotatable bonds is 21. The molecule has 0 radical (unpaired) electrons. The van der Waals surface area contributed by atoms with Crippen LogP contribution in [0.4, 0.5) is 4.79 Å². The van der Waals surface area contributed by atoms with Crippen molar-refractivity contribution in [2.75, 3.05) is 48.9 Å². The Hall–Kier alpha value is -6.00. The molecule has 3 N–H and O–H groups in total. The van der Waals surface area contributed by atoms with Crippen LogP contribution in [0.5, 0.6) is 0 Å². The van der Waals surface area contributed by atoms with E-state index in [-0.39, 0.29) is 43.1 Å². The lowest BCUT2D eigenvalue weighted by atomic mass is 9.94. The monoisotopic (exact) mass is 932 g/mol. The number of hydrogen-bond acceptors (Lipinski definition) is 9. The molecule has 2 aromatic carbocycles. The third-order valence-corrected chi connectivity index (χ3v) is 13.2. The van der Waals surface area contributed by atoms with Gasteiger partial charge in [0.15, 0.2) is 0 Å². The van der Waals surface area contributed by atoms with Crippen molar-refractivity contribution in [2.24, 2.45) is 17.8 Å². The quantitative estimate of drug-likeness (QED) is 0.159. The van der Waals surface area contributed by atoms with Gasteiger partial charge >= 0.3 is 12.1 Å². The fourth-order valence-corrected chi connectivity index (χ4v) is 9.29. The highest BCUT2D eigenvalue weighted by Crippen LogP contribution is 2.44. The van der Waals surface area contributed by atoms with Gasteiger partial charge in [0, 0.05) is 48.2 Å². The second kappa shape index (κ2) is 23.6. The van der Waals surface area contributed by atoms with Crippen LogP contribution in [0.15, 0.2) is 48.5 Å². The lowest BCUT2D eigenvalue weighted by Gasteiger charge is -2.38. The number of amides is 7. The van der Waals surface area contributed by atoms with Crippen molar-refractivity contribution < 1.29 is 48.2 Å². The average Bonchev–Trinajstić information content (AvgIpc) is 3.93. The Bertz CT molecular complexity index is 2070. The summed E-state index contributed by atoms with van der Waals surface area (Å²) in [4.78, 5) is 115. The predicted octanol–water partition coefficient (Wildman–Crippen LogP) is 4.57. The Morgan fingerprint density at radius 1 is 0.627 bits per heavy atom. The summed E-state index contributed by atoms with van der Waals surface area (Å²) in [7, 11) is 8.71. The summed E-state index contributed by atoms with van der Waals surface area (Å²) in [6, 6.07) is 9.30. The van der Waals surface area contributed by atoms with Gasteiger partial charge in [-0.3, -0.25) is 38.5 Å². The SMILES string of the molecule is CC(C)CC(NC(=O)C(C)N(C)C(=O)OCC1c2ccccc2-c2ccccc21)C(=O)N(C)C(CC(C)C)C(=O)NC(C)C(=O)N(C)C(C(=O)N(C)C(CC(=O)O)C(=O)N(C)C)C1CCCC1. The smallest absolute Gasteiger partial charge is 0.410 e. The highest BCUT2D eigenvalue weighted by molar-refractivity contribution is 5.97. The fourth-order valence-electron chi connectivity index (χ4n) is 9.29. The molecule has 6 unspecified atom stereocenters. The van der Waals surface area contributed by atoms with Crippen LogP contribution in [0.2, 0.25) is 0 Å². The van der Waals surface area contributed by atoms with Crippen LogP contribution in [0.1, 0.15) is 104 Å². The van der Waals surface area contributed by atoms with E-state index in [1.165, 1.54) is 68.8 Å². The largest absolute Gasteiger partial charge is 0.481 e. The number of benzene rings is 2. The zero-order chi connectivity index (χ0) is 50.0. The number of ether oxygens (including phenoxy) is 1. The number of aliphatic carboxylic acids is 1. The first-order valence-electron chi connectivity index (χ1n) is 23.4. The van der Waals surface area contributed by atoms with Crippen LogP contribution in [-0.4, -0.2) is 162 Å². The van der Waals surface area contributed by atoms with Gasteiger partial charge in [0.2, 0.25) is 35.4 Å². The van der Waals surface area contributed by atoms with E-state index in [4.69, 9.17) is 4.74 Å². The van der Waals surface area contributed by atoms with Crippen molar-refractivity contribution in [3.05, 3.63) is 59.7 Å². The van der Waals surface area contributed by atoms with Gasteiger partial charge in [-0.2, -0.15) is 0 Å². The molecule has 0 heterocycles. The number of carbonyl (C=O) groups excluding carboxylic acids is 7. The zero-order valence-electron chi connectivity index (χ0n) is 41.4. The summed E-state index contributed by atoms with van der Waals surface area (Å²) in [5.74, 6) is -5.31. The minimum atomic E-state index is -1.30. The van der Waals surface area contributed by atoms with Gasteiger partial charge in [-0.25, -0.2) is 4.79 Å². The molecule has 7 amide bonds. The Balaban J connectivity index is 1.46. The van der Waals surface area contributed by atoms with Gasteiger partial charge in [-0.1, -0.05) is 89.1 Å². The van der Waals surface area contributed by atoms with Gasteiger partial charge in [0.05, 0.1) is 6.42 Å². The number of likely N-dealkylation sites (N-methyl/N-ethyl adjacent to an activating group) is 5. The van der Waals surface area contributed by atoms with E-state index >= 15 is 0 Å². The third kappa shape index (κ3) is 13.1. The zero-order valence-corrected chi connectivity index (χ0v) is 41.4. The molecule has 0 saturated heterocycles. The molecule has 2 aliphatic rings. The first-order valence-corrected chi connectivity index (χ1v) is 23.4. The van der Waals surface area contributed by atoms with E-state index in [0.717, 1.165) is 40.0 Å². The Morgan fingerprint density at radius 2 is 1.15 bits per heavy atom. The summed E-state index contributed by atoms with van der Waals surface area (Å²) in [6.07, 6.45) is 2.03. The summed E-state index contributed by atoms with van der Waals surface area (Å²) >= 11 is 0. The van der Waals surface area contributed by atoms with Crippen molar-refractivity contribution in [3.63, 3.8) is 0 Å². The second-order valence-electron chi connectivity index (χ2n) is 19.3. The molecule has 2 aliphatic carbocycles. The number of carbonyl (C=O) groups is 8. The fraction of sp³-hybridized carbons (Fsp3) is 0.600. The molecule has 2 aromatic rings. The molecule has 17 nitrogen and oxygen atoms in total. The van der Waals surface area contributed by atoms with Crippen molar-refractivity contribution in [1.29, 1.82) is 0 Å². The van der Waals surface area contributed by atoms with Gasteiger partial charge in [0.25, 0.3) is 0 Å². The van der Waals surface area contributed by atoms with Crippen LogP contribution in [-0.2, 0) is 38.3 Å². The number of nitrogens with one attached hydrogen (secondary N) is 2. The number of fused-ring (bicyclic) bond motifs is 3. The molecule has 368 valence electrons. The van der Waals surface area contributed by atoms with E-state index in [1.54, 1.807) is 6.92 Å². The molecule has 0 aromatic heterocycles. The van der Waals surface area contributed by atoms with E-state index in [1.807, 2.05) is 76.2 Å². The van der Waals surface area contributed by atoms with Crippen molar-refractivity contribution in [2.45, 2.75) is 129 Å². The molecule has 6 atom stereocenters. The van der Waals surface area contributed by atoms with Crippen LogP contribution in [0.3, 0.4) is 0 Å². The van der Waals surface area contributed by atoms with Gasteiger partial charge < -0.3 is 40.1 Å². The van der Waals surface area contributed by atoms with E-state index < -0.39 is 90.2 Å². The lowest BCUT2D eigenvalue weighted by Crippen LogP contribution is -2.60. The highest BCUT2D eigenvalue weighted by atomic mass is 16.6. The first kappa shape index (κ1) is 53.6. The molecule has 0 aliphatic heterocycles. The molecule has 0 bridgehead atoms. The van der Waals surface area contributed by atoms with Crippen molar-refractivity contribution >= 4 is 47.5 Å². The van der Waals surface area contributed by atoms with E-state index in [2.05, 4.69) is 10.6 Å².